The molecule has 2 aliphatic heterocycles. The van der Waals surface area contributed by atoms with E-state index in [1.807, 2.05) is 12.1 Å². The smallest absolute Gasteiger partial charge is 0.266 e. The molecular weight excluding hydrogens is 318 g/mol. The Bertz CT molecular complexity index is 597. The van der Waals surface area contributed by atoms with Crippen molar-refractivity contribution in [1.82, 2.24) is 10.2 Å². The van der Waals surface area contributed by atoms with Crippen molar-refractivity contribution in [3.63, 3.8) is 0 Å². The van der Waals surface area contributed by atoms with Crippen LogP contribution in [0, 0.1) is 0 Å². The van der Waals surface area contributed by atoms with Crippen molar-refractivity contribution in [2.75, 3.05) is 31.5 Å². The van der Waals surface area contributed by atoms with Gasteiger partial charge in [0.05, 0.1) is 12.1 Å². The molecule has 0 radical (unpaired) electrons. The Morgan fingerprint density at radius 2 is 1.96 bits per heavy atom. The molecule has 1 aromatic rings. The molecule has 1 atom stereocenters. The van der Waals surface area contributed by atoms with Crippen molar-refractivity contribution in [1.29, 1.82) is 0 Å². The van der Waals surface area contributed by atoms with Gasteiger partial charge >= 0.3 is 0 Å². The lowest BCUT2D eigenvalue weighted by Crippen LogP contribution is -2.41. The third-order valence-corrected chi connectivity index (χ3v) is 4.75. The fraction of sp³-hybridized carbons (Fsp3) is 0.579. The molecule has 6 nitrogen and oxygen atoms in total. The number of benzene rings is 1. The van der Waals surface area contributed by atoms with Crippen LogP contribution in [-0.4, -0.2) is 49.0 Å². The standard InChI is InChI=1S/C19H27N3O3/c23-18(20-10-7-13-22-11-5-1-2-6-12-22)14-17-19(24)21-15-8-3-4-9-16(15)25-17/h3-4,8-9,17H,1-2,5-7,10-14H2,(H,20,23)(H,21,24)/t17-/m1/s1. The van der Waals surface area contributed by atoms with E-state index in [9.17, 15) is 9.59 Å². The Kier molecular flexibility index (Phi) is 6.28. The minimum absolute atomic E-state index is 0.0455. The average Bonchev–Trinajstić information content (AvgIpc) is 2.88. The van der Waals surface area contributed by atoms with E-state index in [1.54, 1.807) is 12.1 Å². The van der Waals surface area contributed by atoms with Gasteiger partial charge in [-0.2, -0.15) is 0 Å². The molecule has 1 saturated heterocycles. The molecule has 3 rings (SSSR count). The van der Waals surface area contributed by atoms with Crippen LogP contribution in [0.4, 0.5) is 5.69 Å². The van der Waals surface area contributed by atoms with Crippen LogP contribution in [-0.2, 0) is 9.59 Å². The zero-order chi connectivity index (χ0) is 17.5. The zero-order valence-electron chi connectivity index (χ0n) is 14.6. The number of nitrogens with zero attached hydrogens (tertiary/aromatic N) is 1. The van der Waals surface area contributed by atoms with E-state index >= 15 is 0 Å². The van der Waals surface area contributed by atoms with Gasteiger partial charge in [-0.25, -0.2) is 0 Å². The largest absolute Gasteiger partial charge is 0.478 e. The van der Waals surface area contributed by atoms with Gasteiger partial charge < -0.3 is 20.3 Å². The van der Waals surface area contributed by atoms with Crippen LogP contribution in [0.2, 0.25) is 0 Å². The van der Waals surface area contributed by atoms with Gasteiger partial charge in [0.1, 0.15) is 5.75 Å². The van der Waals surface area contributed by atoms with Gasteiger partial charge in [-0.1, -0.05) is 25.0 Å². The molecule has 0 saturated carbocycles. The number of ether oxygens (including phenoxy) is 1. The van der Waals surface area contributed by atoms with E-state index in [0.717, 1.165) is 13.0 Å². The number of amides is 2. The maximum Gasteiger partial charge on any atom is 0.266 e. The molecule has 6 heteroatoms. The predicted molar refractivity (Wildman–Crippen MR) is 96.6 cm³/mol. The first kappa shape index (κ1) is 17.7. The van der Waals surface area contributed by atoms with Crippen molar-refractivity contribution in [2.45, 2.75) is 44.6 Å². The van der Waals surface area contributed by atoms with Crippen LogP contribution in [0.1, 0.15) is 38.5 Å². The Hall–Kier alpha value is -2.08. The molecule has 1 fully saturated rings. The number of likely N-dealkylation sites (tertiary alicyclic amines) is 1. The molecule has 25 heavy (non-hydrogen) atoms. The number of carbonyl (C=O) groups is 2. The van der Waals surface area contributed by atoms with Crippen molar-refractivity contribution >= 4 is 17.5 Å². The summed E-state index contributed by atoms with van der Waals surface area (Å²) < 4.78 is 5.65. The van der Waals surface area contributed by atoms with Gasteiger partial charge in [0.25, 0.3) is 5.91 Å². The van der Waals surface area contributed by atoms with E-state index in [0.29, 0.717) is 18.0 Å². The second-order valence-corrected chi connectivity index (χ2v) is 6.76. The van der Waals surface area contributed by atoms with Crippen LogP contribution < -0.4 is 15.4 Å². The van der Waals surface area contributed by atoms with Gasteiger partial charge in [-0.3, -0.25) is 9.59 Å². The molecule has 2 amide bonds. The minimum Gasteiger partial charge on any atom is -0.478 e. The van der Waals surface area contributed by atoms with Gasteiger partial charge in [-0.05, 0) is 51.0 Å². The van der Waals surface area contributed by atoms with E-state index < -0.39 is 6.10 Å². The summed E-state index contributed by atoms with van der Waals surface area (Å²) in [5, 5.41) is 5.68. The molecule has 136 valence electrons. The Labute approximate surface area is 148 Å². The highest BCUT2D eigenvalue weighted by molar-refractivity contribution is 5.99. The van der Waals surface area contributed by atoms with Crippen molar-refractivity contribution in [2.24, 2.45) is 0 Å². The first-order valence-electron chi connectivity index (χ1n) is 9.28. The number of rotatable bonds is 6. The van der Waals surface area contributed by atoms with Crippen LogP contribution in [0.3, 0.4) is 0 Å². The van der Waals surface area contributed by atoms with Gasteiger partial charge in [0.15, 0.2) is 6.10 Å². The monoisotopic (exact) mass is 345 g/mol. The zero-order valence-corrected chi connectivity index (χ0v) is 14.6. The summed E-state index contributed by atoms with van der Waals surface area (Å²) in [5.41, 5.74) is 0.654. The summed E-state index contributed by atoms with van der Waals surface area (Å²) in [5.74, 6) is 0.204. The quantitative estimate of drug-likeness (QED) is 0.775. The van der Waals surface area contributed by atoms with Crippen molar-refractivity contribution in [3.8, 4) is 5.75 Å². The summed E-state index contributed by atoms with van der Waals surface area (Å²) in [7, 11) is 0. The molecule has 0 bridgehead atoms. The first-order valence-corrected chi connectivity index (χ1v) is 9.28. The summed E-state index contributed by atoms with van der Waals surface area (Å²) in [6, 6.07) is 7.25. The molecule has 0 aromatic heterocycles. The summed E-state index contributed by atoms with van der Waals surface area (Å²) in [6.45, 7) is 4.00. The molecule has 0 spiro atoms. The molecule has 2 N–H and O–H groups in total. The number of para-hydroxylation sites is 2. The molecular formula is C19H27N3O3. The Morgan fingerprint density at radius 1 is 1.20 bits per heavy atom. The topological polar surface area (TPSA) is 70.7 Å². The van der Waals surface area contributed by atoms with Crippen LogP contribution >= 0.6 is 0 Å². The van der Waals surface area contributed by atoms with Gasteiger partial charge in [0, 0.05) is 6.54 Å². The highest BCUT2D eigenvalue weighted by Gasteiger charge is 2.29. The maximum atomic E-state index is 12.1. The normalized spacial score (nSPS) is 20.8. The molecule has 0 unspecified atom stereocenters. The Morgan fingerprint density at radius 3 is 2.76 bits per heavy atom. The van der Waals surface area contributed by atoms with E-state index in [-0.39, 0.29) is 18.2 Å². The summed E-state index contributed by atoms with van der Waals surface area (Å²) in [4.78, 5) is 26.6. The van der Waals surface area contributed by atoms with E-state index in [4.69, 9.17) is 4.74 Å². The highest BCUT2D eigenvalue weighted by Crippen LogP contribution is 2.29. The van der Waals surface area contributed by atoms with E-state index in [2.05, 4.69) is 15.5 Å². The fourth-order valence-corrected chi connectivity index (χ4v) is 3.36. The lowest BCUT2D eigenvalue weighted by molar-refractivity contribution is -0.130. The van der Waals surface area contributed by atoms with Crippen LogP contribution in [0.25, 0.3) is 0 Å². The second-order valence-electron chi connectivity index (χ2n) is 6.76. The fourth-order valence-electron chi connectivity index (χ4n) is 3.36. The highest BCUT2D eigenvalue weighted by atomic mass is 16.5. The summed E-state index contributed by atoms with van der Waals surface area (Å²) in [6.07, 6.45) is 5.44. The molecule has 1 aromatic carbocycles. The van der Waals surface area contributed by atoms with E-state index in [1.165, 1.54) is 38.8 Å². The Balaban J connectivity index is 1.37. The SMILES string of the molecule is O=C(C[C@H]1Oc2ccccc2NC1=O)NCCCN1CCCCCC1. The second kappa shape index (κ2) is 8.85. The molecule has 2 heterocycles. The van der Waals surface area contributed by atoms with Crippen LogP contribution in [0.5, 0.6) is 5.75 Å². The number of fused-ring (bicyclic) bond motifs is 1. The molecule has 0 aliphatic carbocycles. The number of hydrogen-bond acceptors (Lipinski definition) is 4. The predicted octanol–water partition coefficient (Wildman–Crippen LogP) is 2.16. The number of carbonyl (C=O) groups excluding carboxylic acids is 2. The lowest BCUT2D eigenvalue weighted by Gasteiger charge is -2.25. The third kappa shape index (κ3) is 5.19. The number of hydrogen-bond donors (Lipinski definition) is 2. The number of anilines is 1. The van der Waals surface area contributed by atoms with Crippen LogP contribution in [0.15, 0.2) is 24.3 Å². The summed E-state index contributed by atoms with van der Waals surface area (Å²) >= 11 is 0. The van der Waals surface area contributed by atoms with Gasteiger partial charge in [0.2, 0.25) is 5.91 Å². The minimum atomic E-state index is -0.763. The van der Waals surface area contributed by atoms with Crippen molar-refractivity contribution in [3.05, 3.63) is 24.3 Å². The average molecular weight is 345 g/mol. The first-order chi connectivity index (χ1) is 12.2. The lowest BCUT2D eigenvalue weighted by atomic mass is 10.1. The molecule has 2 aliphatic rings. The maximum absolute atomic E-state index is 12.1. The van der Waals surface area contributed by atoms with Crippen molar-refractivity contribution < 1.29 is 14.3 Å². The number of nitrogens with one attached hydrogen (secondary N) is 2. The third-order valence-electron chi connectivity index (χ3n) is 4.75. The van der Waals surface area contributed by atoms with Gasteiger partial charge in [-0.15, -0.1) is 0 Å².